The van der Waals surface area contributed by atoms with Crippen molar-refractivity contribution in [3.63, 3.8) is 0 Å². The van der Waals surface area contributed by atoms with Crippen molar-refractivity contribution in [1.29, 1.82) is 0 Å². The van der Waals surface area contributed by atoms with Gasteiger partial charge in [0.15, 0.2) is 9.84 Å². The average Bonchev–Trinajstić information content (AvgIpc) is 3.66. The molecule has 1 saturated carbocycles. The van der Waals surface area contributed by atoms with Crippen LogP contribution in [0.3, 0.4) is 0 Å². The number of hydrogen-bond acceptors (Lipinski definition) is 7. The summed E-state index contributed by atoms with van der Waals surface area (Å²) in [5.41, 5.74) is 3.19. The number of aromatic nitrogens is 2. The van der Waals surface area contributed by atoms with Crippen molar-refractivity contribution in [2.75, 3.05) is 13.3 Å². The predicted molar refractivity (Wildman–Crippen MR) is 129 cm³/mol. The van der Waals surface area contributed by atoms with Crippen molar-refractivity contribution < 1.29 is 22.8 Å². The highest BCUT2D eigenvalue weighted by atomic mass is 32.2. The molecule has 1 fully saturated rings. The number of amides is 1. The van der Waals surface area contributed by atoms with Gasteiger partial charge in [-0.15, -0.1) is 0 Å². The maximum absolute atomic E-state index is 15.0. The SMILES string of the molecule is CN(Cc1ccc(-c2cc3ncn(CCC(C(=O)NO)S(C)(=O)=O)c(=O)c3cc2F)cc1)C1CC1. The quantitative estimate of drug-likeness (QED) is 0.339. The van der Waals surface area contributed by atoms with Crippen LogP contribution in [0.5, 0.6) is 0 Å². The molecular weight excluding hydrogens is 475 g/mol. The van der Waals surface area contributed by atoms with Crippen molar-refractivity contribution >= 4 is 26.6 Å². The first-order valence-corrected chi connectivity index (χ1v) is 13.1. The van der Waals surface area contributed by atoms with Crippen molar-refractivity contribution in [1.82, 2.24) is 19.9 Å². The second-order valence-corrected chi connectivity index (χ2v) is 11.2. The summed E-state index contributed by atoms with van der Waals surface area (Å²) in [7, 11) is -1.73. The number of rotatable bonds is 9. The fourth-order valence-corrected chi connectivity index (χ4v) is 5.12. The van der Waals surface area contributed by atoms with Crippen molar-refractivity contribution in [2.45, 2.75) is 43.6 Å². The summed E-state index contributed by atoms with van der Waals surface area (Å²) < 4.78 is 39.8. The van der Waals surface area contributed by atoms with Crippen molar-refractivity contribution in [2.24, 2.45) is 0 Å². The Kier molecular flexibility index (Phi) is 7.02. The standard InChI is InChI=1S/C24H27FN4O5S/c1-28(17-7-8-17)13-15-3-5-16(6-4-15)18-12-21-19(11-20(18)25)24(31)29(14-26-21)10-9-22(23(30)27-32)35(2,33)34/h3-6,11-12,14,17,22,32H,7-10,13H2,1-2H3,(H,27,30). The van der Waals surface area contributed by atoms with E-state index < -0.39 is 32.4 Å². The number of hydroxylamine groups is 1. The van der Waals surface area contributed by atoms with Crippen LogP contribution in [0.25, 0.3) is 22.0 Å². The van der Waals surface area contributed by atoms with E-state index in [1.54, 1.807) is 0 Å². The van der Waals surface area contributed by atoms with Gasteiger partial charge in [0.2, 0.25) is 0 Å². The average molecular weight is 503 g/mol. The molecule has 1 amide bonds. The Bertz CT molecular complexity index is 1420. The molecule has 1 aromatic heterocycles. The van der Waals surface area contributed by atoms with Crippen LogP contribution in [-0.4, -0.2) is 58.6 Å². The minimum atomic E-state index is -3.83. The third-order valence-corrected chi connectivity index (χ3v) is 7.82. The number of carbonyl (C=O) groups excluding carboxylic acids is 1. The number of halogens is 1. The van der Waals surface area contributed by atoms with Gasteiger partial charge in [-0.3, -0.25) is 24.3 Å². The lowest BCUT2D eigenvalue weighted by Crippen LogP contribution is -2.39. The van der Waals surface area contributed by atoms with Gasteiger partial charge in [0.1, 0.15) is 11.1 Å². The highest BCUT2D eigenvalue weighted by Crippen LogP contribution is 2.29. The van der Waals surface area contributed by atoms with Gasteiger partial charge in [0.05, 0.1) is 17.2 Å². The minimum absolute atomic E-state index is 0.0407. The second-order valence-electron chi connectivity index (χ2n) is 9.02. The van der Waals surface area contributed by atoms with Crippen LogP contribution in [0, 0.1) is 5.82 Å². The van der Waals surface area contributed by atoms with E-state index in [-0.39, 0.29) is 18.4 Å². The van der Waals surface area contributed by atoms with Gasteiger partial charge < -0.3 is 0 Å². The molecule has 11 heteroatoms. The summed E-state index contributed by atoms with van der Waals surface area (Å²) in [6, 6.07) is 10.9. The largest absolute Gasteiger partial charge is 0.299 e. The van der Waals surface area contributed by atoms with Crippen LogP contribution in [-0.2, 0) is 27.7 Å². The molecular formula is C24H27FN4O5S. The molecule has 186 valence electrons. The molecule has 2 N–H and O–H groups in total. The molecule has 2 aromatic carbocycles. The first-order chi connectivity index (χ1) is 16.6. The van der Waals surface area contributed by atoms with Gasteiger partial charge in [-0.05, 0) is 49.6 Å². The Hall–Kier alpha value is -3.15. The summed E-state index contributed by atoms with van der Waals surface area (Å²) in [4.78, 5) is 31.1. The minimum Gasteiger partial charge on any atom is -0.299 e. The lowest BCUT2D eigenvalue weighted by molar-refractivity contribution is -0.128. The number of nitrogens with zero attached hydrogens (tertiary/aromatic N) is 3. The monoisotopic (exact) mass is 502 g/mol. The van der Waals surface area contributed by atoms with E-state index in [4.69, 9.17) is 5.21 Å². The van der Waals surface area contributed by atoms with Gasteiger partial charge in [-0.25, -0.2) is 23.3 Å². The zero-order chi connectivity index (χ0) is 25.3. The smallest absolute Gasteiger partial charge is 0.261 e. The van der Waals surface area contributed by atoms with Crippen molar-refractivity contribution in [3.8, 4) is 11.1 Å². The van der Waals surface area contributed by atoms with Crippen LogP contribution >= 0.6 is 0 Å². The zero-order valence-electron chi connectivity index (χ0n) is 19.4. The normalized spacial score (nSPS) is 14.9. The van der Waals surface area contributed by atoms with Crippen LogP contribution < -0.4 is 11.0 Å². The molecule has 1 heterocycles. The van der Waals surface area contributed by atoms with Crippen LogP contribution in [0.4, 0.5) is 4.39 Å². The first kappa shape index (κ1) is 25.0. The Balaban J connectivity index is 1.57. The summed E-state index contributed by atoms with van der Waals surface area (Å²) in [6.45, 7) is 0.666. The molecule has 0 bridgehead atoms. The van der Waals surface area contributed by atoms with E-state index in [2.05, 4.69) is 16.9 Å². The Morgan fingerprint density at radius 3 is 2.57 bits per heavy atom. The van der Waals surface area contributed by atoms with Gasteiger partial charge in [-0.1, -0.05) is 24.3 Å². The van der Waals surface area contributed by atoms with Crippen LogP contribution in [0.2, 0.25) is 0 Å². The van der Waals surface area contributed by atoms with E-state index in [0.717, 1.165) is 29.0 Å². The number of benzene rings is 2. The molecule has 0 spiro atoms. The lowest BCUT2D eigenvalue weighted by atomic mass is 10.0. The Labute approximate surface area is 202 Å². The lowest BCUT2D eigenvalue weighted by Gasteiger charge is -2.16. The first-order valence-electron chi connectivity index (χ1n) is 11.2. The third kappa shape index (κ3) is 5.58. The van der Waals surface area contributed by atoms with E-state index in [1.807, 2.05) is 24.3 Å². The summed E-state index contributed by atoms with van der Waals surface area (Å²) >= 11 is 0. The molecule has 4 rings (SSSR count). The topological polar surface area (TPSA) is 122 Å². The summed E-state index contributed by atoms with van der Waals surface area (Å²) in [6.07, 6.45) is 4.29. The molecule has 9 nitrogen and oxygen atoms in total. The molecule has 3 aromatic rings. The van der Waals surface area contributed by atoms with Crippen LogP contribution in [0.1, 0.15) is 24.8 Å². The molecule has 1 aliphatic carbocycles. The maximum Gasteiger partial charge on any atom is 0.261 e. The van der Waals surface area contributed by atoms with E-state index in [1.165, 1.54) is 30.7 Å². The molecule has 1 atom stereocenters. The van der Waals surface area contributed by atoms with Gasteiger partial charge in [-0.2, -0.15) is 0 Å². The molecule has 35 heavy (non-hydrogen) atoms. The molecule has 0 aliphatic heterocycles. The maximum atomic E-state index is 15.0. The predicted octanol–water partition coefficient (Wildman–Crippen LogP) is 2.11. The fraction of sp³-hybridized carbons (Fsp3) is 0.375. The number of sulfone groups is 1. The van der Waals surface area contributed by atoms with E-state index in [9.17, 15) is 18.0 Å². The second kappa shape index (κ2) is 9.84. The van der Waals surface area contributed by atoms with Gasteiger partial charge in [0.25, 0.3) is 11.5 Å². The van der Waals surface area contributed by atoms with Gasteiger partial charge >= 0.3 is 0 Å². The number of fused-ring (bicyclic) bond motifs is 1. The third-order valence-electron chi connectivity index (χ3n) is 6.33. The Morgan fingerprint density at radius 1 is 1.29 bits per heavy atom. The van der Waals surface area contributed by atoms with E-state index in [0.29, 0.717) is 22.7 Å². The van der Waals surface area contributed by atoms with Crippen LogP contribution in [0.15, 0.2) is 47.5 Å². The fourth-order valence-electron chi connectivity index (χ4n) is 4.15. The molecule has 0 radical (unpaired) electrons. The highest BCUT2D eigenvalue weighted by molar-refractivity contribution is 7.92. The van der Waals surface area contributed by atoms with Crippen molar-refractivity contribution in [3.05, 3.63) is 64.5 Å². The molecule has 1 unspecified atom stereocenters. The number of aryl methyl sites for hydroxylation is 1. The number of carbonyl (C=O) groups is 1. The number of hydrogen-bond donors (Lipinski definition) is 2. The zero-order valence-corrected chi connectivity index (χ0v) is 20.3. The van der Waals surface area contributed by atoms with E-state index >= 15 is 4.39 Å². The van der Waals surface area contributed by atoms with Gasteiger partial charge in [0, 0.05) is 31.0 Å². The molecule has 1 aliphatic rings. The molecule has 0 saturated heterocycles. The summed E-state index contributed by atoms with van der Waals surface area (Å²) in [5.74, 6) is -1.67. The summed E-state index contributed by atoms with van der Waals surface area (Å²) in [5, 5.41) is 7.30. The Morgan fingerprint density at radius 2 is 1.97 bits per heavy atom. The highest BCUT2D eigenvalue weighted by Gasteiger charge is 2.29. The number of nitrogens with one attached hydrogen (secondary N) is 1.